The third kappa shape index (κ3) is 3.15. The van der Waals surface area contributed by atoms with Crippen molar-refractivity contribution < 1.29 is 19.7 Å². The molecule has 0 saturated heterocycles. The third-order valence-electron chi connectivity index (χ3n) is 2.29. The Morgan fingerprint density at radius 2 is 2.24 bits per heavy atom. The van der Waals surface area contributed by atoms with Gasteiger partial charge in [0.25, 0.3) is 0 Å². The van der Waals surface area contributed by atoms with Gasteiger partial charge in [0, 0.05) is 11.3 Å². The van der Waals surface area contributed by atoms with E-state index >= 15 is 0 Å². The molecule has 17 heavy (non-hydrogen) atoms. The maximum absolute atomic E-state index is 11.3. The number of aromatic nitrogens is 1. The number of rotatable bonds is 4. The monoisotopic (exact) mass is 240 g/mol. The summed E-state index contributed by atoms with van der Waals surface area (Å²) in [6, 6.07) is 1.47. The number of aliphatic hydroxyl groups excluding tert-OH is 2. The van der Waals surface area contributed by atoms with E-state index in [1.54, 1.807) is 13.8 Å². The lowest BCUT2D eigenvalue weighted by molar-refractivity contribution is -0.159. The summed E-state index contributed by atoms with van der Waals surface area (Å²) in [5, 5.41) is 19.4. The highest BCUT2D eigenvalue weighted by Gasteiger charge is 2.28. The summed E-state index contributed by atoms with van der Waals surface area (Å²) in [6.45, 7) is 3.40. The van der Waals surface area contributed by atoms with Gasteiger partial charge < -0.3 is 20.7 Å². The van der Waals surface area contributed by atoms with Gasteiger partial charge in [-0.2, -0.15) is 0 Å². The molecule has 0 aliphatic carbocycles. The zero-order valence-electron chi connectivity index (χ0n) is 9.75. The predicted molar refractivity (Wildman–Crippen MR) is 61.0 cm³/mol. The molecule has 0 saturated carbocycles. The zero-order chi connectivity index (χ0) is 13.0. The van der Waals surface area contributed by atoms with E-state index in [9.17, 15) is 15.0 Å². The smallest absolute Gasteiger partial charge is 0.338 e. The van der Waals surface area contributed by atoms with Crippen LogP contribution in [-0.4, -0.2) is 33.9 Å². The van der Waals surface area contributed by atoms with Gasteiger partial charge in [-0.05, 0) is 19.9 Å². The van der Waals surface area contributed by atoms with Crippen LogP contribution in [0.3, 0.4) is 0 Å². The maximum atomic E-state index is 11.3. The van der Waals surface area contributed by atoms with Gasteiger partial charge in [-0.25, -0.2) is 4.79 Å². The molecule has 2 atom stereocenters. The van der Waals surface area contributed by atoms with Crippen LogP contribution in [0.15, 0.2) is 12.3 Å². The van der Waals surface area contributed by atoms with Gasteiger partial charge in [0.1, 0.15) is 6.10 Å². The lowest BCUT2D eigenvalue weighted by Gasteiger charge is -2.18. The molecule has 4 N–H and O–H groups in total. The Hall–Kier alpha value is -1.66. The Morgan fingerprint density at radius 1 is 1.59 bits per heavy atom. The largest absolute Gasteiger partial charge is 0.464 e. The van der Waals surface area contributed by atoms with Crippen molar-refractivity contribution in [3.8, 4) is 0 Å². The van der Waals surface area contributed by atoms with E-state index in [1.165, 1.54) is 12.3 Å². The predicted octanol–water partition coefficient (Wildman–Crippen LogP) is -0.0704. The molecule has 0 aliphatic rings. The fourth-order valence-electron chi connectivity index (χ4n) is 1.39. The van der Waals surface area contributed by atoms with Crippen LogP contribution in [0.4, 0.5) is 5.69 Å². The van der Waals surface area contributed by atoms with Gasteiger partial charge in [-0.3, -0.25) is 4.98 Å². The molecule has 2 unspecified atom stereocenters. The van der Waals surface area contributed by atoms with Crippen LogP contribution in [0.5, 0.6) is 0 Å². The Kier molecular flexibility index (Phi) is 4.42. The molecule has 1 rings (SSSR count). The summed E-state index contributed by atoms with van der Waals surface area (Å²) in [5.41, 5.74) is 6.68. The standard InChI is InChI=1S/C11H16N2O4/c1-3-17-11(16)10(15)9(14)8-4-7(12)5-13-6(8)2/h4-5,9-10,14-15H,3,12H2,1-2H3. The molecule has 0 bridgehead atoms. The fourth-order valence-corrected chi connectivity index (χ4v) is 1.39. The molecule has 6 heteroatoms. The van der Waals surface area contributed by atoms with Crippen molar-refractivity contribution in [3.63, 3.8) is 0 Å². The molecule has 94 valence electrons. The summed E-state index contributed by atoms with van der Waals surface area (Å²) in [5.74, 6) is -0.873. The van der Waals surface area contributed by atoms with E-state index in [2.05, 4.69) is 9.72 Å². The molecule has 6 nitrogen and oxygen atoms in total. The SMILES string of the molecule is CCOC(=O)C(O)C(O)c1cc(N)cnc1C. The van der Waals surface area contributed by atoms with Crippen LogP contribution in [0.25, 0.3) is 0 Å². The number of aliphatic hydroxyl groups is 2. The number of aryl methyl sites for hydroxylation is 1. The fraction of sp³-hybridized carbons (Fsp3) is 0.455. The van der Waals surface area contributed by atoms with E-state index < -0.39 is 18.2 Å². The Balaban J connectivity index is 2.91. The highest BCUT2D eigenvalue weighted by molar-refractivity contribution is 5.75. The molecule has 0 spiro atoms. The molecule has 0 amide bonds. The second-order valence-electron chi connectivity index (χ2n) is 3.59. The van der Waals surface area contributed by atoms with E-state index in [4.69, 9.17) is 5.73 Å². The number of esters is 1. The first-order chi connectivity index (χ1) is 7.97. The zero-order valence-corrected chi connectivity index (χ0v) is 9.75. The van der Waals surface area contributed by atoms with E-state index in [1.807, 2.05) is 0 Å². The topological polar surface area (TPSA) is 106 Å². The molecular weight excluding hydrogens is 224 g/mol. The molecular formula is C11H16N2O4. The summed E-state index contributed by atoms with van der Waals surface area (Å²) in [7, 11) is 0. The van der Waals surface area contributed by atoms with E-state index in [-0.39, 0.29) is 6.61 Å². The maximum Gasteiger partial charge on any atom is 0.338 e. The number of carbonyl (C=O) groups is 1. The van der Waals surface area contributed by atoms with E-state index in [0.29, 0.717) is 16.9 Å². The molecule has 1 aromatic rings. The van der Waals surface area contributed by atoms with Gasteiger partial charge in [0.2, 0.25) is 0 Å². The number of anilines is 1. The lowest BCUT2D eigenvalue weighted by atomic mass is 10.0. The van der Waals surface area contributed by atoms with Crippen molar-refractivity contribution in [2.24, 2.45) is 0 Å². The average molecular weight is 240 g/mol. The minimum Gasteiger partial charge on any atom is -0.464 e. The van der Waals surface area contributed by atoms with E-state index in [0.717, 1.165) is 0 Å². The molecule has 1 heterocycles. The van der Waals surface area contributed by atoms with Crippen LogP contribution >= 0.6 is 0 Å². The number of ether oxygens (including phenoxy) is 1. The Bertz CT molecular complexity index is 408. The van der Waals surface area contributed by atoms with Crippen LogP contribution in [0.2, 0.25) is 0 Å². The molecule has 0 radical (unpaired) electrons. The number of nitrogens with zero attached hydrogens (tertiary/aromatic N) is 1. The number of pyridine rings is 1. The van der Waals surface area contributed by atoms with Crippen LogP contribution in [0, 0.1) is 6.92 Å². The highest BCUT2D eigenvalue weighted by Crippen LogP contribution is 2.22. The molecule has 0 aromatic carbocycles. The lowest BCUT2D eigenvalue weighted by Crippen LogP contribution is -2.30. The molecule has 0 aliphatic heterocycles. The van der Waals surface area contributed by atoms with Crippen LogP contribution in [0.1, 0.15) is 24.3 Å². The van der Waals surface area contributed by atoms with Gasteiger partial charge in [0.15, 0.2) is 6.10 Å². The van der Waals surface area contributed by atoms with Crippen molar-refractivity contribution in [2.45, 2.75) is 26.1 Å². The summed E-state index contributed by atoms with van der Waals surface area (Å²) < 4.78 is 4.62. The number of nitrogen functional groups attached to an aromatic ring is 1. The minimum atomic E-state index is -1.64. The molecule has 1 aromatic heterocycles. The summed E-state index contributed by atoms with van der Waals surface area (Å²) in [6.07, 6.45) is -1.61. The van der Waals surface area contributed by atoms with Gasteiger partial charge in [-0.15, -0.1) is 0 Å². The van der Waals surface area contributed by atoms with Crippen molar-refractivity contribution in [2.75, 3.05) is 12.3 Å². The number of hydrogen-bond donors (Lipinski definition) is 3. The third-order valence-corrected chi connectivity index (χ3v) is 2.29. The first-order valence-corrected chi connectivity index (χ1v) is 5.22. The first kappa shape index (κ1) is 13.4. The first-order valence-electron chi connectivity index (χ1n) is 5.22. The summed E-state index contributed by atoms with van der Waals surface area (Å²) in [4.78, 5) is 15.2. The highest BCUT2D eigenvalue weighted by atomic mass is 16.5. The van der Waals surface area contributed by atoms with Crippen molar-refractivity contribution in [3.05, 3.63) is 23.5 Å². The second kappa shape index (κ2) is 5.60. The van der Waals surface area contributed by atoms with Gasteiger partial charge >= 0.3 is 5.97 Å². The minimum absolute atomic E-state index is 0.136. The number of nitrogens with two attached hydrogens (primary N) is 1. The van der Waals surface area contributed by atoms with Gasteiger partial charge in [-0.1, -0.05) is 0 Å². The number of carbonyl (C=O) groups excluding carboxylic acids is 1. The Morgan fingerprint density at radius 3 is 2.82 bits per heavy atom. The van der Waals surface area contributed by atoms with Gasteiger partial charge in [0.05, 0.1) is 18.5 Å². The number of hydrogen-bond acceptors (Lipinski definition) is 6. The van der Waals surface area contributed by atoms with Crippen molar-refractivity contribution >= 4 is 11.7 Å². The van der Waals surface area contributed by atoms with Crippen molar-refractivity contribution in [1.29, 1.82) is 0 Å². The second-order valence-corrected chi connectivity index (χ2v) is 3.59. The average Bonchev–Trinajstić information content (AvgIpc) is 2.30. The normalized spacial score (nSPS) is 14.1. The van der Waals surface area contributed by atoms with Crippen molar-refractivity contribution in [1.82, 2.24) is 4.98 Å². The van der Waals surface area contributed by atoms with Crippen LogP contribution in [-0.2, 0) is 9.53 Å². The summed E-state index contributed by atoms with van der Waals surface area (Å²) >= 11 is 0. The molecule has 0 fully saturated rings. The Labute approximate surface area is 99.0 Å². The quantitative estimate of drug-likeness (QED) is 0.636. The van der Waals surface area contributed by atoms with Crippen LogP contribution < -0.4 is 5.73 Å².